The molecule has 4 aromatic rings. The number of rotatable bonds is 7. The number of thioether (sulfide) groups is 1. The van der Waals surface area contributed by atoms with E-state index in [4.69, 9.17) is 16.1 Å². The van der Waals surface area contributed by atoms with E-state index >= 15 is 0 Å². The van der Waals surface area contributed by atoms with Gasteiger partial charge in [0.1, 0.15) is 5.82 Å². The molecule has 5 rings (SSSR count). The maximum atomic E-state index is 14.0. The van der Waals surface area contributed by atoms with Gasteiger partial charge in [-0.05, 0) is 43.2 Å². The average molecular weight is 442 g/mol. The molecule has 6 nitrogen and oxygen atoms in total. The molecule has 9 heteroatoms. The van der Waals surface area contributed by atoms with Crippen molar-refractivity contribution in [2.45, 2.75) is 30.5 Å². The van der Waals surface area contributed by atoms with Gasteiger partial charge < -0.3 is 4.52 Å². The summed E-state index contributed by atoms with van der Waals surface area (Å²) in [7, 11) is 0. The van der Waals surface area contributed by atoms with Crippen LogP contribution in [0.4, 0.5) is 4.39 Å². The first-order chi connectivity index (χ1) is 14.7. The molecule has 30 heavy (non-hydrogen) atoms. The van der Waals surface area contributed by atoms with Crippen LogP contribution in [-0.4, -0.2) is 30.7 Å². The third-order valence-corrected chi connectivity index (χ3v) is 6.04. The molecule has 1 fully saturated rings. The van der Waals surface area contributed by atoms with Crippen LogP contribution in [-0.2, 0) is 6.42 Å². The topological polar surface area (TPSA) is 69.6 Å². The Balaban J connectivity index is 1.29. The molecule has 0 bridgehead atoms. The van der Waals surface area contributed by atoms with Crippen LogP contribution in [0.15, 0.2) is 58.5 Å². The Hall–Kier alpha value is -2.71. The molecule has 0 amide bonds. The van der Waals surface area contributed by atoms with E-state index in [1.54, 1.807) is 30.2 Å². The van der Waals surface area contributed by atoms with Gasteiger partial charge >= 0.3 is 0 Å². The fourth-order valence-electron chi connectivity index (χ4n) is 3.22. The van der Waals surface area contributed by atoms with E-state index in [1.807, 2.05) is 12.1 Å². The fraction of sp³-hybridized carbons (Fsp3) is 0.238. The van der Waals surface area contributed by atoms with Crippen LogP contribution in [0.1, 0.15) is 24.6 Å². The minimum atomic E-state index is -0.391. The van der Waals surface area contributed by atoms with Gasteiger partial charge in [-0.2, -0.15) is 0 Å². The molecular weight excluding hydrogens is 425 g/mol. The zero-order chi connectivity index (χ0) is 20.5. The predicted molar refractivity (Wildman–Crippen MR) is 113 cm³/mol. The van der Waals surface area contributed by atoms with Gasteiger partial charge in [0, 0.05) is 47.3 Å². The van der Waals surface area contributed by atoms with E-state index in [9.17, 15) is 4.39 Å². The minimum absolute atomic E-state index is 0.310. The third kappa shape index (κ3) is 3.97. The highest BCUT2D eigenvalue weighted by molar-refractivity contribution is 7.99. The highest BCUT2D eigenvalue weighted by atomic mass is 35.5. The monoisotopic (exact) mass is 441 g/mol. The second-order valence-corrected chi connectivity index (χ2v) is 8.55. The number of hydrogen-bond acceptors (Lipinski definition) is 6. The lowest BCUT2D eigenvalue weighted by molar-refractivity contribution is 0.422. The van der Waals surface area contributed by atoms with Crippen molar-refractivity contribution in [3.8, 4) is 22.7 Å². The lowest BCUT2D eigenvalue weighted by Gasteiger charge is -2.08. The van der Waals surface area contributed by atoms with Crippen LogP contribution in [0.25, 0.3) is 22.7 Å². The Morgan fingerprint density at radius 3 is 2.77 bits per heavy atom. The number of nitrogens with zero attached hydrogens (tertiary/aromatic N) is 5. The van der Waals surface area contributed by atoms with E-state index < -0.39 is 5.82 Å². The summed E-state index contributed by atoms with van der Waals surface area (Å²) in [4.78, 5) is 4.08. The first kappa shape index (κ1) is 19.3. The fourth-order valence-corrected chi connectivity index (χ4v) is 4.36. The van der Waals surface area contributed by atoms with Crippen molar-refractivity contribution in [2.75, 3.05) is 5.75 Å². The highest BCUT2D eigenvalue weighted by Gasteiger charge is 2.30. The number of pyridine rings is 1. The molecule has 1 saturated carbocycles. The molecule has 1 aliphatic carbocycles. The van der Waals surface area contributed by atoms with Crippen LogP contribution in [0.3, 0.4) is 0 Å². The van der Waals surface area contributed by atoms with Gasteiger partial charge in [0.15, 0.2) is 16.7 Å². The Morgan fingerprint density at radius 1 is 1.13 bits per heavy atom. The molecule has 0 saturated heterocycles. The second-order valence-electron chi connectivity index (χ2n) is 7.05. The van der Waals surface area contributed by atoms with Crippen molar-refractivity contribution in [1.82, 2.24) is 24.9 Å². The molecule has 0 unspecified atom stereocenters. The van der Waals surface area contributed by atoms with E-state index in [0.29, 0.717) is 28.8 Å². The van der Waals surface area contributed by atoms with Crippen molar-refractivity contribution in [2.24, 2.45) is 0 Å². The Labute approximate surface area is 181 Å². The summed E-state index contributed by atoms with van der Waals surface area (Å²) in [6.45, 7) is 0. The van der Waals surface area contributed by atoms with Crippen LogP contribution in [0.2, 0.25) is 5.02 Å². The molecule has 0 radical (unpaired) electrons. The Kier molecular flexibility index (Phi) is 5.26. The quantitative estimate of drug-likeness (QED) is 0.355. The number of hydrogen-bond donors (Lipinski definition) is 0. The smallest absolute Gasteiger partial charge is 0.191 e. The lowest BCUT2D eigenvalue weighted by Crippen LogP contribution is -2.00. The molecule has 0 spiro atoms. The van der Waals surface area contributed by atoms with Crippen molar-refractivity contribution in [3.05, 3.63) is 65.3 Å². The Morgan fingerprint density at radius 2 is 1.97 bits per heavy atom. The summed E-state index contributed by atoms with van der Waals surface area (Å²) in [5, 5.41) is 14.2. The van der Waals surface area contributed by atoms with Gasteiger partial charge in [-0.15, -0.1) is 10.2 Å². The number of benzene rings is 1. The number of aryl methyl sites for hydroxylation is 1. The lowest BCUT2D eigenvalue weighted by atomic mass is 10.1. The van der Waals surface area contributed by atoms with E-state index in [1.165, 1.54) is 18.2 Å². The van der Waals surface area contributed by atoms with Crippen LogP contribution in [0.5, 0.6) is 0 Å². The van der Waals surface area contributed by atoms with Crippen LogP contribution >= 0.6 is 23.4 Å². The number of aromatic nitrogens is 5. The van der Waals surface area contributed by atoms with Gasteiger partial charge in [-0.1, -0.05) is 28.5 Å². The zero-order valence-electron chi connectivity index (χ0n) is 15.8. The summed E-state index contributed by atoms with van der Waals surface area (Å²) in [6.07, 6.45) is 6.47. The van der Waals surface area contributed by atoms with Crippen LogP contribution in [0, 0.1) is 5.82 Å². The largest absolute Gasteiger partial charge is 0.356 e. The molecule has 1 aromatic carbocycles. The molecular formula is C21H17ClFN5OS. The van der Waals surface area contributed by atoms with Gasteiger partial charge in [-0.3, -0.25) is 9.55 Å². The second kappa shape index (κ2) is 8.20. The van der Waals surface area contributed by atoms with Crippen molar-refractivity contribution >= 4 is 23.4 Å². The standard InChI is InChI=1S/C21H17ClFN5OS/c22-14-1-4-18(23)17(11-14)19-12-15(27-29-19)7-10-30-21-26-25-20(28(21)16-2-3-16)13-5-8-24-9-6-13/h1,4-6,8-9,11-12,16H,2-3,7,10H2. The van der Waals surface area contributed by atoms with Gasteiger partial charge in [-0.25, -0.2) is 4.39 Å². The molecule has 0 N–H and O–H groups in total. The normalized spacial score (nSPS) is 13.7. The van der Waals surface area contributed by atoms with Gasteiger partial charge in [0.25, 0.3) is 0 Å². The van der Waals surface area contributed by atoms with Crippen molar-refractivity contribution in [3.63, 3.8) is 0 Å². The maximum Gasteiger partial charge on any atom is 0.191 e. The molecule has 3 heterocycles. The van der Waals surface area contributed by atoms with Crippen molar-refractivity contribution < 1.29 is 8.91 Å². The molecule has 0 aliphatic heterocycles. The SMILES string of the molecule is Fc1ccc(Cl)cc1-c1cc(CCSc2nnc(-c3ccncc3)n2C2CC2)no1. The van der Waals surface area contributed by atoms with Crippen LogP contribution < -0.4 is 0 Å². The van der Waals surface area contributed by atoms with Gasteiger partial charge in [0.2, 0.25) is 0 Å². The molecule has 0 atom stereocenters. The van der Waals surface area contributed by atoms with E-state index in [0.717, 1.165) is 40.8 Å². The summed E-state index contributed by atoms with van der Waals surface area (Å²) in [5.41, 5.74) is 2.08. The molecule has 3 aromatic heterocycles. The van der Waals surface area contributed by atoms with E-state index in [2.05, 4.69) is 24.9 Å². The maximum absolute atomic E-state index is 14.0. The average Bonchev–Trinajstić information content (AvgIpc) is 3.34. The summed E-state index contributed by atoms with van der Waals surface area (Å²) in [6, 6.07) is 10.5. The number of halogens is 2. The third-order valence-electron chi connectivity index (χ3n) is 4.86. The summed E-state index contributed by atoms with van der Waals surface area (Å²) in [5.74, 6) is 1.61. The van der Waals surface area contributed by atoms with E-state index in [-0.39, 0.29) is 0 Å². The first-order valence-corrected chi connectivity index (χ1v) is 10.9. The summed E-state index contributed by atoms with van der Waals surface area (Å²) < 4.78 is 21.6. The zero-order valence-corrected chi connectivity index (χ0v) is 17.4. The predicted octanol–water partition coefficient (Wildman–Crippen LogP) is 5.46. The molecule has 152 valence electrons. The first-order valence-electron chi connectivity index (χ1n) is 9.58. The Bertz CT molecular complexity index is 1180. The van der Waals surface area contributed by atoms with Gasteiger partial charge in [0.05, 0.1) is 11.3 Å². The summed E-state index contributed by atoms with van der Waals surface area (Å²) >= 11 is 7.60. The highest BCUT2D eigenvalue weighted by Crippen LogP contribution is 2.41. The van der Waals surface area contributed by atoms with Crippen molar-refractivity contribution in [1.29, 1.82) is 0 Å². The minimum Gasteiger partial charge on any atom is -0.356 e. The molecule has 1 aliphatic rings.